The molecule has 1 N–H and O–H groups in total. The predicted octanol–water partition coefficient (Wildman–Crippen LogP) is 2.36. The van der Waals surface area contributed by atoms with Crippen LogP contribution < -0.4 is 5.32 Å². The van der Waals surface area contributed by atoms with Gasteiger partial charge >= 0.3 is 0 Å². The lowest BCUT2D eigenvalue weighted by Gasteiger charge is -2.30. The number of thiophene rings is 1. The number of nitrogens with one attached hydrogen (secondary N) is 1. The summed E-state index contributed by atoms with van der Waals surface area (Å²) in [6, 6.07) is 3.84. The zero-order chi connectivity index (χ0) is 18.7. The number of aryl methyl sites for hydroxylation is 1. The molecule has 140 valence electrons. The molecule has 1 aliphatic rings. The molecule has 0 unspecified atom stereocenters. The summed E-state index contributed by atoms with van der Waals surface area (Å²) in [7, 11) is -2.23. The molecule has 0 radical (unpaired) electrons. The second-order valence-corrected chi connectivity index (χ2v) is 8.98. The molecule has 3 heterocycles. The lowest BCUT2D eigenvalue weighted by Crippen LogP contribution is -2.44. The Kier molecular flexibility index (Phi) is 5.59. The highest BCUT2D eigenvalue weighted by molar-refractivity contribution is 7.89. The molecular formula is C17H21N3O4S2. The van der Waals surface area contributed by atoms with Crippen LogP contribution in [-0.2, 0) is 14.8 Å². The number of carbonyl (C=O) groups excluding carboxylic acids is 1. The van der Waals surface area contributed by atoms with Crippen LogP contribution in [-0.4, -0.2) is 43.9 Å². The topological polar surface area (TPSA) is 92.5 Å². The van der Waals surface area contributed by atoms with Crippen molar-refractivity contribution in [2.75, 3.05) is 20.1 Å². The number of sulfonamides is 1. The Hall–Kier alpha value is -1.97. The summed E-state index contributed by atoms with van der Waals surface area (Å²) in [5.74, 6) is -0.267. The monoisotopic (exact) mass is 395 g/mol. The van der Waals surface area contributed by atoms with E-state index in [1.807, 2.05) is 17.5 Å². The lowest BCUT2D eigenvalue weighted by molar-refractivity contribution is -0.125. The Balaban J connectivity index is 1.90. The maximum absolute atomic E-state index is 13.2. The van der Waals surface area contributed by atoms with E-state index in [2.05, 4.69) is 10.5 Å². The molecule has 0 saturated carbocycles. The number of piperidine rings is 1. The minimum absolute atomic E-state index is 0.0721. The first-order chi connectivity index (χ1) is 12.4. The van der Waals surface area contributed by atoms with Gasteiger partial charge in [0.25, 0.3) is 0 Å². The molecule has 7 nitrogen and oxygen atoms in total. The first kappa shape index (κ1) is 18.8. The van der Waals surface area contributed by atoms with Gasteiger partial charge in [-0.05, 0) is 43.4 Å². The van der Waals surface area contributed by atoms with Crippen LogP contribution in [0.15, 0.2) is 26.9 Å². The van der Waals surface area contributed by atoms with Crippen molar-refractivity contribution < 1.29 is 17.7 Å². The first-order valence-electron chi connectivity index (χ1n) is 8.33. The molecule has 26 heavy (non-hydrogen) atoms. The van der Waals surface area contributed by atoms with Gasteiger partial charge in [-0.25, -0.2) is 8.42 Å². The number of hydrogen-bond acceptors (Lipinski definition) is 6. The van der Waals surface area contributed by atoms with Gasteiger partial charge in [0.05, 0.1) is 5.92 Å². The highest BCUT2D eigenvalue weighted by atomic mass is 32.2. The van der Waals surface area contributed by atoms with Crippen molar-refractivity contribution in [3.63, 3.8) is 0 Å². The first-order valence-corrected chi connectivity index (χ1v) is 10.6. The van der Waals surface area contributed by atoms with E-state index in [9.17, 15) is 13.2 Å². The quantitative estimate of drug-likeness (QED) is 0.839. The number of hydrogen-bond donors (Lipinski definition) is 1. The van der Waals surface area contributed by atoms with Crippen LogP contribution in [0.1, 0.15) is 29.2 Å². The lowest BCUT2D eigenvalue weighted by atomic mass is 9.99. The van der Waals surface area contributed by atoms with E-state index >= 15 is 0 Å². The van der Waals surface area contributed by atoms with Gasteiger partial charge in [0, 0.05) is 25.0 Å². The Bertz CT molecular complexity index is 901. The van der Waals surface area contributed by atoms with Gasteiger partial charge in [-0.15, -0.1) is 11.3 Å². The van der Waals surface area contributed by atoms with E-state index in [4.69, 9.17) is 4.52 Å². The summed E-state index contributed by atoms with van der Waals surface area (Å²) >= 11 is 1.54. The van der Waals surface area contributed by atoms with E-state index in [1.165, 1.54) is 4.31 Å². The van der Waals surface area contributed by atoms with E-state index < -0.39 is 10.0 Å². The third-order valence-corrected chi connectivity index (χ3v) is 7.24. The van der Waals surface area contributed by atoms with Crippen molar-refractivity contribution in [1.29, 1.82) is 0 Å². The molecule has 2 aromatic rings. The minimum atomic E-state index is -3.80. The van der Waals surface area contributed by atoms with Crippen LogP contribution in [0, 0.1) is 12.8 Å². The number of carbonyl (C=O) groups is 1. The van der Waals surface area contributed by atoms with Gasteiger partial charge in [0.2, 0.25) is 15.9 Å². The molecule has 0 aliphatic carbocycles. The van der Waals surface area contributed by atoms with Crippen molar-refractivity contribution >= 4 is 39.4 Å². The molecule has 1 atom stereocenters. The average molecular weight is 396 g/mol. The fraction of sp³-hybridized carbons (Fsp3) is 0.412. The summed E-state index contributed by atoms with van der Waals surface area (Å²) in [5.41, 5.74) is 0.317. The molecule has 2 aromatic heterocycles. The van der Waals surface area contributed by atoms with Crippen molar-refractivity contribution in [2.24, 2.45) is 5.92 Å². The van der Waals surface area contributed by atoms with Crippen LogP contribution in [0.4, 0.5) is 0 Å². The second kappa shape index (κ2) is 7.73. The van der Waals surface area contributed by atoms with Crippen molar-refractivity contribution in [1.82, 2.24) is 14.8 Å². The molecule has 1 amide bonds. The zero-order valence-corrected chi connectivity index (χ0v) is 16.3. The Morgan fingerprint density at radius 2 is 2.27 bits per heavy atom. The Morgan fingerprint density at radius 3 is 2.96 bits per heavy atom. The summed E-state index contributed by atoms with van der Waals surface area (Å²) in [6.45, 7) is 2.16. The molecular weight excluding hydrogens is 374 g/mol. The highest BCUT2D eigenvalue weighted by Gasteiger charge is 2.36. The summed E-state index contributed by atoms with van der Waals surface area (Å²) < 4.78 is 33.0. The second-order valence-electron chi connectivity index (χ2n) is 6.13. The van der Waals surface area contributed by atoms with Crippen LogP contribution in [0.3, 0.4) is 0 Å². The largest absolute Gasteiger partial charge is 0.359 e. The normalized spacial score (nSPS) is 19.1. The SMILES string of the molecule is CNC(=O)[C@@H]1CCCN(S(=O)(=O)c2c(C)noc2/C=C/c2cccs2)C1. The van der Waals surface area contributed by atoms with Gasteiger partial charge in [0.1, 0.15) is 5.69 Å². The molecule has 1 saturated heterocycles. The van der Waals surface area contributed by atoms with Gasteiger partial charge in [0.15, 0.2) is 10.7 Å². The third-order valence-electron chi connectivity index (χ3n) is 4.37. The molecule has 0 bridgehead atoms. The predicted molar refractivity (Wildman–Crippen MR) is 100 cm³/mol. The molecule has 1 fully saturated rings. The van der Waals surface area contributed by atoms with E-state index in [0.29, 0.717) is 25.1 Å². The maximum atomic E-state index is 13.2. The van der Waals surface area contributed by atoms with Crippen molar-refractivity contribution in [2.45, 2.75) is 24.7 Å². The van der Waals surface area contributed by atoms with Gasteiger partial charge in [-0.3, -0.25) is 4.79 Å². The zero-order valence-electron chi connectivity index (χ0n) is 14.6. The number of amides is 1. The smallest absolute Gasteiger partial charge is 0.248 e. The Morgan fingerprint density at radius 1 is 1.46 bits per heavy atom. The fourth-order valence-electron chi connectivity index (χ4n) is 3.05. The number of nitrogens with zero attached hydrogens (tertiary/aromatic N) is 2. The molecule has 0 spiro atoms. The van der Waals surface area contributed by atoms with Gasteiger partial charge in [-0.2, -0.15) is 4.31 Å². The third kappa shape index (κ3) is 3.74. The fourth-order valence-corrected chi connectivity index (χ4v) is 5.44. The maximum Gasteiger partial charge on any atom is 0.248 e. The molecule has 9 heteroatoms. The van der Waals surface area contributed by atoms with Crippen LogP contribution in [0.2, 0.25) is 0 Å². The van der Waals surface area contributed by atoms with Gasteiger partial charge < -0.3 is 9.84 Å². The van der Waals surface area contributed by atoms with Crippen LogP contribution in [0.5, 0.6) is 0 Å². The Labute approximate surface area is 156 Å². The molecule has 0 aromatic carbocycles. The minimum Gasteiger partial charge on any atom is -0.359 e. The van der Waals surface area contributed by atoms with Crippen molar-refractivity contribution in [3.05, 3.63) is 33.8 Å². The summed E-state index contributed by atoms with van der Waals surface area (Å²) in [4.78, 5) is 13.0. The highest BCUT2D eigenvalue weighted by Crippen LogP contribution is 2.29. The van der Waals surface area contributed by atoms with Crippen LogP contribution >= 0.6 is 11.3 Å². The number of rotatable bonds is 5. The molecule has 3 rings (SSSR count). The van der Waals surface area contributed by atoms with Gasteiger partial charge in [-0.1, -0.05) is 11.2 Å². The summed E-state index contributed by atoms with van der Waals surface area (Å²) in [6.07, 6.45) is 4.74. The average Bonchev–Trinajstić information content (AvgIpc) is 3.29. The standard InChI is InChI=1S/C17H21N3O4S2/c1-12-16(15(24-19-12)8-7-14-6-4-10-25-14)26(22,23)20-9-3-5-13(11-20)17(21)18-2/h4,6-8,10,13H,3,5,9,11H2,1-2H3,(H,18,21)/b8-7+/t13-/m1/s1. The van der Waals surface area contributed by atoms with E-state index in [0.717, 1.165) is 4.88 Å². The summed E-state index contributed by atoms with van der Waals surface area (Å²) in [5, 5.41) is 8.38. The van der Waals surface area contributed by atoms with E-state index in [-0.39, 0.29) is 29.0 Å². The number of aromatic nitrogens is 1. The van der Waals surface area contributed by atoms with Crippen LogP contribution in [0.25, 0.3) is 12.2 Å². The molecule has 1 aliphatic heterocycles. The van der Waals surface area contributed by atoms with E-state index in [1.54, 1.807) is 37.5 Å². The van der Waals surface area contributed by atoms with Crippen molar-refractivity contribution in [3.8, 4) is 0 Å².